The first kappa shape index (κ1) is 18.9. The normalized spacial score (nSPS) is 21.0. The van der Waals surface area contributed by atoms with Gasteiger partial charge in [0.25, 0.3) is 0 Å². The summed E-state index contributed by atoms with van der Waals surface area (Å²) in [6, 6.07) is 6.91. The number of carbonyl (C=O) groups is 2. The highest BCUT2D eigenvalue weighted by Crippen LogP contribution is 2.31. The van der Waals surface area contributed by atoms with Crippen LogP contribution in [0.1, 0.15) is 54.6 Å². The molecule has 0 unspecified atom stereocenters. The molecular weight excluding hydrogens is 330 g/mol. The number of ether oxygens (including phenoxy) is 1. The Kier molecular flexibility index (Phi) is 5.63. The number of hydrogen-bond acceptors (Lipinski definition) is 5. The van der Waals surface area contributed by atoms with Crippen LogP contribution in [-0.4, -0.2) is 49.1 Å². The fourth-order valence-corrected chi connectivity index (χ4v) is 3.48. The Labute approximate surface area is 155 Å². The summed E-state index contributed by atoms with van der Waals surface area (Å²) < 4.78 is 4.70. The highest BCUT2D eigenvalue weighted by Gasteiger charge is 2.39. The lowest BCUT2D eigenvalue weighted by Crippen LogP contribution is -2.59. The molecule has 1 atom stereocenters. The van der Waals surface area contributed by atoms with Gasteiger partial charge in [-0.15, -0.1) is 0 Å². The molecule has 1 aliphatic heterocycles. The second-order valence-electron chi connectivity index (χ2n) is 7.71. The van der Waals surface area contributed by atoms with Crippen LogP contribution in [0.5, 0.6) is 0 Å². The van der Waals surface area contributed by atoms with E-state index in [9.17, 15) is 9.59 Å². The number of nitrogens with zero attached hydrogens (tertiary/aromatic N) is 1. The van der Waals surface area contributed by atoms with Crippen LogP contribution in [-0.2, 0) is 9.53 Å². The van der Waals surface area contributed by atoms with Gasteiger partial charge in [0, 0.05) is 19.6 Å². The molecule has 1 aromatic rings. The summed E-state index contributed by atoms with van der Waals surface area (Å²) in [5.41, 5.74) is 7.05. The van der Waals surface area contributed by atoms with Gasteiger partial charge in [0.15, 0.2) is 0 Å². The molecule has 0 aromatic heterocycles. The third kappa shape index (κ3) is 4.43. The number of hydrogen-bond donors (Lipinski definition) is 2. The quantitative estimate of drug-likeness (QED) is 0.757. The molecule has 0 radical (unpaired) electrons. The van der Waals surface area contributed by atoms with Crippen LogP contribution >= 0.6 is 0 Å². The first-order valence-electron chi connectivity index (χ1n) is 9.42. The molecule has 6 heteroatoms. The zero-order valence-electron chi connectivity index (χ0n) is 15.7. The van der Waals surface area contributed by atoms with Crippen LogP contribution in [0.2, 0.25) is 0 Å². The van der Waals surface area contributed by atoms with Gasteiger partial charge in [0.05, 0.1) is 24.3 Å². The van der Waals surface area contributed by atoms with Gasteiger partial charge in [-0.2, -0.15) is 0 Å². The largest absolute Gasteiger partial charge is 0.465 e. The van der Waals surface area contributed by atoms with E-state index < -0.39 is 5.54 Å². The molecule has 26 heavy (non-hydrogen) atoms. The molecule has 1 aliphatic carbocycles. The molecule has 1 aromatic carbocycles. The Bertz CT molecular complexity index is 647. The number of rotatable bonds is 6. The molecule has 0 bridgehead atoms. The van der Waals surface area contributed by atoms with Gasteiger partial charge in [-0.3, -0.25) is 4.79 Å². The van der Waals surface area contributed by atoms with Gasteiger partial charge in [-0.25, -0.2) is 4.79 Å². The lowest BCUT2D eigenvalue weighted by atomic mass is 9.87. The minimum atomic E-state index is -0.791. The molecule has 142 valence electrons. The number of nitrogens with one attached hydrogen (secondary N) is 1. The van der Waals surface area contributed by atoms with Gasteiger partial charge < -0.3 is 20.7 Å². The van der Waals surface area contributed by atoms with Gasteiger partial charge in [0.1, 0.15) is 0 Å². The lowest BCUT2D eigenvalue weighted by Gasteiger charge is -2.38. The number of piperidine rings is 1. The second-order valence-corrected chi connectivity index (χ2v) is 7.71. The van der Waals surface area contributed by atoms with E-state index in [4.69, 9.17) is 10.5 Å². The van der Waals surface area contributed by atoms with Crippen LogP contribution < -0.4 is 11.1 Å². The maximum atomic E-state index is 12.7. The SMILES string of the molecule is COC(=O)c1ccc([C@H](C)NC(=O)C2(N)CCN(CC3CC3)CC2)cc1. The standard InChI is InChI=1S/C20H29N3O3/c1-14(16-5-7-17(8-6-16)18(24)26-2)22-19(25)20(21)9-11-23(12-10-20)13-15-3-4-15/h5-8,14-15H,3-4,9-13,21H2,1-2H3,(H,22,25)/t14-/m0/s1. The summed E-state index contributed by atoms with van der Waals surface area (Å²) >= 11 is 0. The number of amides is 1. The summed E-state index contributed by atoms with van der Waals surface area (Å²) in [6.07, 6.45) is 4.08. The van der Waals surface area contributed by atoms with E-state index in [2.05, 4.69) is 10.2 Å². The summed E-state index contributed by atoms with van der Waals surface area (Å²) in [6.45, 7) is 4.86. The zero-order valence-corrected chi connectivity index (χ0v) is 15.7. The smallest absolute Gasteiger partial charge is 0.337 e. The predicted octanol–water partition coefficient (Wildman–Crippen LogP) is 1.85. The first-order valence-corrected chi connectivity index (χ1v) is 9.42. The van der Waals surface area contributed by atoms with Crippen LogP contribution in [0.3, 0.4) is 0 Å². The number of carbonyl (C=O) groups excluding carboxylic acids is 2. The molecule has 2 aliphatic rings. The maximum Gasteiger partial charge on any atom is 0.337 e. The van der Waals surface area contributed by atoms with Crippen molar-refractivity contribution in [3.05, 3.63) is 35.4 Å². The summed E-state index contributed by atoms with van der Waals surface area (Å²) in [5.74, 6) is 0.405. The molecule has 1 saturated carbocycles. The monoisotopic (exact) mass is 359 g/mol. The topological polar surface area (TPSA) is 84.7 Å². The number of nitrogens with two attached hydrogens (primary N) is 1. The summed E-state index contributed by atoms with van der Waals surface area (Å²) in [5, 5.41) is 3.04. The highest BCUT2D eigenvalue weighted by molar-refractivity contribution is 5.89. The fraction of sp³-hybridized carbons (Fsp3) is 0.600. The first-order chi connectivity index (χ1) is 12.4. The number of benzene rings is 1. The van der Waals surface area contributed by atoms with Crippen molar-refractivity contribution in [2.75, 3.05) is 26.7 Å². The molecule has 0 spiro atoms. The molecule has 6 nitrogen and oxygen atoms in total. The molecule has 2 fully saturated rings. The van der Waals surface area contributed by atoms with E-state index in [0.29, 0.717) is 18.4 Å². The Morgan fingerprint density at radius 1 is 1.27 bits per heavy atom. The van der Waals surface area contributed by atoms with Crippen molar-refractivity contribution in [1.82, 2.24) is 10.2 Å². The second kappa shape index (κ2) is 7.76. The summed E-state index contributed by atoms with van der Waals surface area (Å²) in [4.78, 5) is 26.7. The molecule has 3 N–H and O–H groups in total. The van der Waals surface area contributed by atoms with Crippen molar-refractivity contribution in [2.45, 2.75) is 44.2 Å². The van der Waals surface area contributed by atoms with Crippen molar-refractivity contribution in [3.8, 4) is 0 Å². The third-order valence-electron chi connectivity index (χ3n) is 5.59. The van der Waals surface area contributed by atoms with E-state index in [-0.39, 0.29) is 17.9 Å². The Hall–Kier alpha value is -1.92. The average Bonchev–Trinajstić information content (AvgIpc) is 3.47. The lowest BCUT2D eigenvalue weighted by molar-refractivity contribution is -0.128. The van der Waals surface area contributed by atoms with Gasteiger partial charge in [-0.05, 0) is 56.2 Å². The van der Waals surface area contributed by atoms with Crippen molar-refractivity contribution < 1.29 is 14.3 Å². The minimum Gasteiger partial charge on any atom is -0.465 e. The van der Waals surface area contributed by atoms with Crippen molar-refractivity contribution >= 4 is 11.9 Å². The fourth-order valence-electron chi connectivity index (χ4n) is 3.48. The molecule has 3 rings (SSSR count). The van der Waals surface area contributed by atoms with E-state index in [1.54, 1.807) is 12.1 Å². The zero-order chi connectivity index (χ0) is 18.7. The maximum absolute atomic E-state index is 12.7. The Morgan fingerprint density at radius 2 is 1.88 bits per heavy atom. The highest BCUT2D eigenvalue weighted by atomic mass is 16.5. The average molecular weight is 359 g/mol. The van der Waals surface area contributed by atoms with E-state index in [1.807, 2.05) is 19.1 Å². The van der Waals surface area contributed by atoms with E-state index in [0.717, 1.165) is 31.1 Å². The van der Waals surface area contributed by atoms with Gasteiger partial charge in [0.2, 0.25) is 5.91 Å². The van der Waals surface area contributed by atoms with Crippen LogP contribution in [0.25, 0.3) is 0 Å². The predicted molar refractivity (Wildman–Crippen MR) is 99.7 cm³/mol. The molecular formula is C20H29N3O3. The van der Waals surface area contributed by atoms with Gasteiger partial charge >= 0.3 is 5.97 Å². The number of methoxy groups -OCH3 is 1. The van der Waals surface area contributed by atoms with E-state index >= 15 is 0 Å². The Morgan fingerprint density at radius 3 is 2.42 bits per heavy atom. The third-order valence-corrected chi connectivity index (χ3v) is 5.59. The minimum absolute atomic E-state index is 0.0897. The molecule has 1 amide bonds. The van der Waals surface area contributed by atoms with E-state index in [1.165, 1.54) is 20.0 Å². The van der Waals surface area contributed by atoms with Crippen LogP contribution in [0.4, 0.5) is 0 Å². The van der Waals surface area contributed by atoms with Crippen molar-refractivity contribution in [1.29, 1.82) is 0 Å². The molecule has 1 heterocycles. The van der Waals surface area contributed by atoms with Crippen LogP contribution in [0.15, 0.2) is 24.3 Å². The van der Waals surface area contributed by atoms with Crippen molar-refractivity contribution in [3.63, 3.8) is 0 Å². The van der Waals surface area contributed by atoms with Crippen LogP contribution in [0, 0.1) is 5.92 Å². The molecule has 1 saturated heterocycles. The van der Waals surface area contributed by atoms with Crippen molar-refractivity contribution in [2.24, 2.45) is 11.7 Å². The van der Waals surface area contributed by atoms with Gasteiger partial charge in [-0.1, -0.05) is 12.1 Å². The number of esters is 1. The number of likely N-dealkylation sites (tertiary alicyclic amines) is 1. The Balaban J connectivity index is 1.54. The summed E-state index contributed by atoms with van der Waals surface area (Å²) in [7, 11) is 1.36.